The fourth-order valence-corrected chi connectivity index (χ4v) is 8.45. The number of hydrogen-bond acceptors (Lipinski definition) is 5. The van der Waals surface area contributed by atoms with Crippen molar-refractivity contribution in [1.29, 1.82) is 0 Å². The minimum absolute atomic E-state index is 0.0710. The third-order valence-corrected chi connectivity index (χ3v) is 14.7. The molecule has 0 amide bonds. The van der Waals surface area contributed by atoms with Crippen LogP contribution in [0.3, 0.4) is 0 Å². The molecule has 5 nitrogen and oxygen atoms in total. The Bertz CT molecular complexity index is 1440. The smallest absolute Gasteiger partial charge is 0.409 e. The maximum Gasteiger partial charge on any atom is 0.486 e. The molecular formula is C41H51BO5Si. The summed E-state index contributed by atoms with van der Waals surface area (Å²) in [5.41, 5.74) is 1.15. The normalized spacial score (nSPS) is 18.1. The monoisotopic (exact) mass is 662 g/mol. The molecule has 4 aromatic carbocycles. The Kier molecular flexibility index (Phi) is 10.7. The van der Waals surface area contributed by atoms with Crippen molar-refractivity contribution in [2.75, 3.05) is 14.2 Å². The molecule has 0 spiro atoms. The van der Waals surface area contributed by atoms with Crippen LogP contribution in [0.25, 0.3) is 0 Å². The average Bonchev–Trinajstić information content (AvgIpc) is 3.51. The van der Waals surface area contributed by atoms with E-state index in [4.69, 9.17) is 23.2 Å². The summed E-state index contributed by atoms with van der Waals surface area (Å²) in [6.07, 6.45) is 0.759. The lowest BCUT2D eigenvalue weighted by Crippen LogP contribution is -2.56. The Balaban J connectivity index is 1.71. The zero-order valence-electron chi connectivity index (χ0n) is 30.0. The first-order valence-corrected chi connectivity index (χ1v) is 19.7. The maximum atomic E-state index is 7.12. The van der Waals surface area contributed by atoms with Gasteiger partial charge in [0.25, 0.3) is 0 Å². The lowest BCUT2D eigenvalue weighted by molar-refractivity contribution is -0.136. The zero-order valence-corrected chi connectivity index (χ0v) is 31.0. The Hall–Kier alpha value is -3.30. The molecule has 4 aromatic rings. The largest absolute Gasteiger partial charge is 0.486 e. The van der Waals surface area contributed by atoms with E-state index in [9.17, 15) is 0 Å². The predicted molar refractivity (Wildman–Crippen MR) is 198 cm³/mol. The molecule has 0 saturated carbocycles. The summed E-state index contributed by atoms with van der Waals surface area (Å²) >= 11 is 0. The lowest BCUT2D eigenvalue weighted by Gasteiger charge is -2.46. The van der Waals surface area contributed by atoms with Gasteiger partial charge in [0.1, 0.15) is 23.4 Å². The lowest BCUT2D eigenvalue weighted by atomic mass is 9.71. The summed E-state index contributed by atoms with van der Waals surface area (Å²) in [4.78, 5) is 0. The third-order valence-electron chi connectivity index (χ3n) is 10.1. The van der Waals surface area contributed by atoms with Crippen molar-refractivity contribution >= 4 is 15.4 Å². The quantitative estimate of drug-likeness (QED) is 0.142. The number of hydrogen-bond donors (Lipinski definition) is 0. The molecule has 1 saturated heterocycles. The Morgan fingerprint density at radius 2 is 0.875 bits per heavy atom. The molecule has 5 rings (SSSR count). The Morgan fingerprint density at radius 1 is 0.562 bits per heavy atom. The molecule has 0 radical (unpaired) electrons. The van der Waals surface area contributed by atoms with Crippen LogP contribution >= 0.6 is 0 Å². The molecule has 0 unspecified atom stereocenters. The van der Waals surface area contributed by atoms with Crippen LogP contribution in [0.5, 0.6) is 0 Å². The summed E-state index contributed by atoms with van der Waals surface area (Å²) in [6, 6.07) is 41.1. The molecule has 0 aromatic heterocycles. The predicted octanol–water partition coefficient (Wildman–Crippen LogP) is 9.33. The fourth-order valence-electron chi connectivity index (χ4n) is 6.76. The van der Waals surface area contributed by atoms with Crippen LogP contribution in [0, 0.1) is 0 Å². The van der Waals surface area contributed by atoms with Crippen LogP contribution in [0.1, 0.15) is 56.9 Å². The first-order chi connectivity index (χ1) is 22.8. The number of benzene rings is 4. The van der Waals surface area contributed by atoms with Crippen LogP contribution in [0.15, 0.2) is 133 Å². The molecule has 0 aliphatic carbocycles. The Morgan fingerprint density at radius 3 is 1.15 bits per heavy atom. The van der Waals surface area contributed by atoms with Crippen LogP contribution in [0.4, 0.5) is 0 Å². The highest BCUT2D eigenvalue weighted by molar-refractivity contribution is 6.74. The summed E-state index contributed by atoms with van der Waals surface area (Å²) in [5.74, 6) is 1.99. The van der Waals surface area contributed by atoms with E-state index in [-0.39, 0.29) is 5.04 Å². The number of rotatable bonds is 12. The first kappa shape index (κ1) is 36.0. The highest BCUT2D eigenvalue weighted by Gasteiger charge is 2.61. The summed E-state index contributed by atoms with van der Waals surface area (Å²) in [7, 11) is 0.717. The average molecular weight is 663 g/mol. The van der Waals surface area contributed by atoms with Crippen molar-refractivity contribution in [3.05, 3.63) is 156 Å². The highest BCUT2D eigenvalue weighted by atomic mass is 28.4. The minimum Gasteiger partial charge on any atom is -0.409 e. The maximum absolute atomic E-state index is 7.12. The van der Waals surface area contributed by atoms with Crippen molar-refractivity contribution in [1.82, 2.24) is 0 Å². The Labute approximate surface area is 289 Å². The van der Waals surface area contributed by atoms with Crippen molar-refractivity contribution in [3.8, 4) is 0 Å². The SMILES string of the molecule is COC(c1ccccc1)(c1ccccc1)[C@@H]1OB(/C=C/C(C)(C)O[Si](C)(C)C(C)(C)C)O[C@H]1C(OC)(c1ccccc1)c1ccccc1. The summed E-state index contributed by atoms with van der Waals surface area (Å²) < 4.78 is 34.6. The molecule has 48 heavy (non-hydrogen) atoms. The molecule has 0 N–H and O–H groups in total. The van der Waals surface area contributed by atoms with E-state index in [1.165, 1.54) is 0 Å². The van der Waals surface area contributed by atoms with E-state index >= 15 is 0 Å². The number of ether oxygens (including phenoxy) is 2. The van der Waals surface area contributed by atoms with Crippen LogP contribution in [-0.4, -0.2) is 47.5 Å². The van der Waals surface area contributed by atoms with E-state index in [2.05, 4.69) is 102 Å². The van der Waals surface area contributed by atoms with Crippen LogP contribution in [-0.2, 0) is 34.4 Å². The molecule has 1 aliphatic rings. The van der Waals surface area contributed by atoms with Gasteiger partial charge in [-0.3, -0.25) is 0 Å². The molecule has 2 atom stereocenters. The standard InChI is InChI=1S/C41H51BO5Si/c1-38(2,3)48(8,9)47-39(4,5)30-31-42-45-36(40(43-6,32-22-14-10-15-23-32)33-24-16-11-17-25-33)37(46-42)41(44-7,34-26-18-12-19-27-34)35-28-20-13-21-29-35/h10-31,36-37H,1-9H3/b31-30+/t36-,37-/m1/s1. The van der Waals surface area contributed by atoms with Gasteiger partial charge in [0.15, 0.2) is 8.32 Å². The van der Waals surface area contributed by atoms with Gasteiger partial charge in [-0.1, -0.05) is 154 Å². The van der Waals surface area contributed by atoms with Gasteiger partial charge in [-0.05, 0) is 54.2 Å². The summed E-state index contributed by atoms with van der Waals surface area (Å²) in [5, 5.41) is 0.0710. The van der Waals surface area contributed by atoms with Crippen molar-refractivity contribution in [2.24, 2.45) is 0 Å². The van der Waals surface area contributed by atoms with Gasteiger partial charge in [-0.15, -0.1) is 0 Å². The van der Waals surface area contributed by atoms with E-state index in [1.807, 2.05) is 78.8 Å². The molecule has 252 valence electrons. The van der Waals surface area contributed by atoms with E-state index < -0.39 is 44.4 Å². The van der Waals surface area contributed by atoms with Crippen molar-refractivity contribution < 1.29 is 23.2 Å². The highest BCUT2D eigenvalue weighted by Crippen LogP contribution is 2.50. The zero-order chi connectivity index (χ0) is 34.6. The van der Waals surface area contributed by atoms with Gasteiger partial charge in [0.05, 0.1) is 5.60 Å². The van der Waals surface area contributed by atoms with Crippen LogP contribution in [0.2, 0.25) is 18.1 Å². The van der Waals surface area contributed by atoms with E-state index in [0.29, 0.717) is 0 Å². The van der Waals surface area contributed by atoms with Gasteiger partial charge >= 0.3 is 7.12 Å². The first-order valence-electron chi connectivity index (χ1n) is 16.8. The second kappa shape index (κ2) is 14.3. The summed E-state index contributed by atoms with van der Waals surface area (Å²) in [6.45, 7) is 15.5. The van der Waals surface area contributed by atoms with Crippen molar-refractivity contribution in [2.45, 2.75) is 81.8 Å². The fraction of sp³-hybridized carbons (Fsp3) is 0.366. The molecular weight excluding hydrogens is 611 g/mol. The topological polar surface area (TPSA) is 46.2 Å². The van der Waals surface area contributed by atoms with Gasteiger partial charge in [-0.25, -0.2) is 0 Å². The number of methoxy groups -OCH3 is 2. The second-order valence-electron chi connectivity index (χ2n) is 14.7. The van der Waals surface area contributed by atoms with Gasteiger partial charge < -0.3 is 23.2 Å². The van der Waals surface area contributed by atoms with Crippen molar-refractivity contribution in [3.63, 3.8) is 0 Å². The van der Waals surface area contributed by atoms with Gasteiger partial charge in [-0.2, -0.15) is 0 Å². The van der Waals surface area contributed by atoms with Crippen LogP contribution < -0.4 is 0 Å². The molecule has 1 fully saturated rings. The van der Waals surface area contributed by atoms with E-state index in [1.54, 1.807) is 14.2 Å². The molecule has 0 bridgehead atoms. The molecule has 1 heterocycles. The van der Waals surface area contributed by atoms with Gasteiger partial charge in [0, 0.05) is 14.2 Å². The molecule has 1 aliphatic heterocycles. The third kappa shape index (κ3) is 6.91. The molecule has 7 heteroatoms. The van der Waals surface area contributed by atoms with E-state index in [0.717, 1.165) is 22.3 Å². The second-order valence-corrected chi connectivity index (χ2v) is 19.4. The van der Waals surface area contributed by atoms with Gasteiger partial charge in [0.2, 0.25) is 0 Å². The minimum atomic E-state index is -2.06.